The first-order valence-corrected chi connectivity index (χ1v) is 18.9. The molecule has 2 amide bonds. The molecule has 1 aromatic heterocycles. The van der Waals surface area contributed by atoms with E-state index in [9.17, 15) is 29.3 Å². The molecule has 2 atom stereocenters. The SMILES string of the molecule is CC(C)(C)OC(=O)C1=C(CN2CCN(c3nc(=O)c4cc(C(Cl)(Cl)Cl)cc([N+](=O)[O-])c4s3)CC2)CSC2[C@H](NC(=O)Cc3ccccc3)C(=O)N12. The zero-order chi connectivity index (χ0) is 36.8. The van der Waals surface area contributed by atoms with E-state index in [0.717, 1.165) is 28.5 Å². The van der Waals surface area contributed by atoms with Gasteiger partial charge in [-0.3, -0.25) is 34.3 Å². The molecule has 6 rings (SSSR count). The molecule has 51 heavy (non-hydrogen) atoms. The van der Waals surface area contributed by atoms with Crippen LogP contribution in [0.2, 0.25) is 0 Å². The number of hydrogen-bond donors (Lipinski definition) is 1. The van der Waals surface area contributed by atoms with Crippen LogP contribution in [0.5, 0.6) is 0 Å². The summed E-state index contributed by atoms with van der Waals surface area (Å²) < 4.78 is 3.91. The van der Waals surface area contributed by atoms with Crippen molar-refractivity contribution in [2.45, 2.75) is 48.0 Å². The summed E-state index contributed by atoms with van der Waals surface area (Å²) in [5, 5.41) is 14.7. The van der Waals surface area contributed by atoms with Crippen molar-refractivity contribution in [3.63, 3.8) is 0 Å². The minimum Gasteiger partial charge on any atom is -0.455 e. The molecule has 270 valence electrons. The molecule has 3 aliphatic rings. The number of halogens is 3. The monoisotopic (exact) mass is 794 g/mol. The molecule has 2 saturated heterocycles. The van der Waals surface area contributed by atoms with Gasteiger partial charge in [-0.05, 0) is 38.0 Å². The van der Waals surface area contributed by atoms with E-state index >= 15 is 0 Å². The van der Waals surface area contributed by atoms with Crippen molar-refractivity contribution in [2.24, 2.45) is 0 Å². The molecule has 2 aromatic carbocycles. The molecule has 18 heteroatoms. The highest BCUT2D eigenvalue weighted by molar-refractivity contribution is 8.00. The number of β-lactam (4-membered cyclic amide) rings is 1. The van der Waals surface area contributed by atoms with Crippen LogP contribution in [0, 0.1) is 10.1 Å². The predicted octanol–water partition coefficient (Wildman–Crippen LogP) is 4.75. The number of ether oxygens (including phenoxy) is 1. The van der Waals surface area contributed by atoms with Gasteiger partial charge in [0.1, 0.15) is 27.4 Å². The topological polar surface area (TPSA) is 155 Å². The Labute approximate surface area is 316 Å². The summed E-state index contributed by atoms with van der Waals surface area (Å²) in [6.07, 6.45) is 0.133. The Kier molecular flexibility index (Phi) is 10.6. The number of anilines is 1. The number of amides is 2. The molecule has 3 aromatic rings. The number of thioether (sulfide) groups is 1. The number of piperazine rings is 1. The fourth-order valence-electron chi connectivity index (χ4n) is 6.07. The molecule has 1 N–H and O–H groups in total. The number of carbonyl (C=O) groups is 3. The third-order valence-electron chi connectivity index (χ3n) is 8.44. The van der Waals surface area contributed by atoms with Gasteiger partial charge in [0, 0.05) is 50.1 Å². The molecule has 0 radical (unpaired) electrons. The number of aromatic nitrogens is 1. The number of rotatable bonds is 8. The predicted molar refractivity (Wildman–Crippen MR) is 198 cm³/mol. The molecule has 3 aliphatic heterocycles. The lowest BCUT2D eigenvalue weighted by Crippen LogP contribution is -2.71. The first-order valence-electron chi connectivity index (χ1n) is 15.9. The van der Waals surface area contributed by atoms with Gasteiger partial charge in [-0.25, -0.2) is 4.79 Å². The zero-order valence-electron chi connectivity index (χ0n) is 27.7. The van der Waals surface area contributed by atoms with Gasteiger partial charge in [-0.2, -0.15) is 4.98 Å². The number of nitrogens with zero attached hydrogens (tertiary/aromatic N) is 5. The van der Waals surface area contributed by atoms with E-state index in [4.69, 9.17) is 39.5 Å². The van der Waals surface area contributed by atoms with Crippen LogP contribution in [0.25, 0.3) is 10.1 Å². The first kappa shape index (κ1) is 37.3. The van der Waals surface area contributed by atoms with E-state index in [1.54, 1.807) is 20.8 Å². The minimum absolute atomic E-state index is 0.00493. The number of hydrogen-bond acceptors (Lipinski definition) is 12. The molecule has 0 bridgehead atoms. The molecule has 0 saturated carbocycles. The van der Waals surface area contributed by atoms with E-state index in [2.05, 4.69) is 15.2 Å². The van der Waals surface area contributed by atoms with Gasteiger partial charge in [0.2, 0.25) is 9.70 Å². The lowest BCUT2D eigenvalue weighted by Gasteiger charge is -2.50. The molecule has 1 unspecified atom stereocenters. The normalized spacial score (nSPS) is 19.8. The van der Waals surface area contributed by atoms with Gasteiger partial charge in [-0.1, -0.05) is 76.5 Å². The number of nitro benzene ring substituents is 1. The van der Waals surface area contributed by atoms with E-state index < -0.39 is 37.3 Å². The van der Waals surface area contributed by atoms with Crippen molar-refractivity contribution in [1.29, 1.82) is 0 Å². The number of fused-ring (bicyclic) bond motifs is 2. The maximum Gasteiger partial charge on any atom is 0.355 e. The van der Waals surface area contributed by atoms with E-state index in [-0.39, 0.29) is 45.3 Å². The van der Waals surface area contributed by atoms with Gasteiger partial charge in [-0.15, -0.1) is 11.8 Å². The standard InChI is InChI=1S/C33H33Cl3N6O7S2/c1-32(2,3)49-30(46)25-19(17-50-29-24(28(45)41(25)29)37-23(43)13-18-7-5-4-6-8-18)16-39-9-11-40(12-10-39)31-38-27(44)21-14-20(33(34,35)36)15-22(42(47)48)26(21)51-31/h4-8,14-15,24,29H,9-13,16-17H2,1-3H3,(H,37,43)/t24-,29?/m1/s1. The smallest absolute Gasteiger partial charge is 0.355 e. The molecular formula is C33H33Cl3N6O7S2. The minimum atomic E-state index is -1.97. The van der Waals surface area contributed by atoms with Gasteiger partial charge in [0.15, 0.2) is 5.13 Å². The van der Waals surface area contributed by atoms with E-state index in [1.807, 2.05) is 35.2 Å². The molecular weight excluding hydrogens is 763 g/mol. The second-order valence-electron chi connectivity index (χ2n) is 13.3. The Bertz CT molecular complexity index is 1990. The highest BCUT2D eigenvalue weighted by Crippen LogP contribution is 2.44. The second-order valence-corrected chi connectivity index (χ2v) is 17.6. The summed E-state index contributed by atoms with van der Waals surface area (Å²) in [5.41, 5.74) is -0.0734. The van der Waals surface area contributed by atoms with Crippen molar-refractivity contribution < 1.29 is 24.0 Å². The quantitative estimate of drug-likeness (QED) is 0.110. The average Bonchev–Trinajstić information content (AvgIpc) is 3.06. The van der Waals surface area contributed by atoms with Crippen LogP contribution >= 0.6 is 57.9 Å². The van der Waals surface area contributed by atoms with Crippen LogP contribution in [0.1, 0.15) is 31.9 Å². The summed E-state index contributed by atoms with van der Waals surface area (Å²) in [6.45, 7) is 7.56. The molecule has 0 aliphatic carbocycles. The largest absolute Gasteiger partial charge is 0.455 e. The van der Waals surface area contributed by atoms with Crippen molar-refractivity contribution in [3.05, 3.63) is 85.3 Å². The Morgan fingerprint density at radius 1 is 1.08 bits per heavy atom. The fraction of sp³-hybridized carbons (Fsp3) is 0.424. The molecule has 4 heterocycles. The third-order valence-corrected chi connectivity index (χ3v) is 11.6. The summed E-state index contributed by atoms with van der Waals surface area (Å²) in [7, 11) is 0. The van der Waals surface area contributed by atoms with E-state index in [0.29, 0.717) is 43.6 Å². The maximum absolute atomic E-state index is 13.6. The highest BCUT2D eigenvalue weighted by Gasteiger charge is 2.54. The van der Waals surface area contributed by atoms with Crippen molar-refractivity contribution in [2.75, 3.05) is 43.4 Å². The molecule has 2 fully saturated rings. The number of alkyl halides is 3. The van der Waals surface area contributed by atoms with Crippen molar-refractivity contribution in [1.82, 2.24) is 20.1 Å². The maximum atomic E-state index is 13.6. The lowest BCUT2D eigenvalue weighted by molar-refractivity contribution is -0.382. The lowest BCUT2D eigenvalue weighted by atomic mass is 10.0. The first-order chi connectivity index (χ1) is 24.0. The van der Waals surface area contributed by atoms with Crippen molar-refractivity contribution in [3.8, 4) is 0 Å². The number of non-ortho nitro benzene ring substituents is 1. The van der Waals surface area contributed by atoms with Crippen LogP contribution in [-0.4, -0.2) is 93.0 Å². The van der Waals surface area contributed by atoms with Crippen LogP contribution in [0.4, 0.5) is 10.8 Å². The summed E-state index contributed by atoms with van der Waals surface area (Å²) in [4.78, 5) is 74.0. The highest BCUT2D eigenvalue weighted by atomic mass is 35.6. The van der Waals surface area contributed by atoms with Crippen LogP contribution < -0.4 is 15.8 Å². The summed E-state index contributed by atoms with van der Waals surface area (Å²) in [6, 6.07) is 10.9. The third kappa shape index (κ3) is 8.13. The van der Waals surface area contributed by atoms with Crippen LogP contribution in [-0.2, 0) is 29.3 Å². The van der Waals surface area contributed by atoms with Gasteiger partial charge in [0.05, 0.1) is 16.7 Å². The molecule has 0 spiro atoms. The summed E-state index contributed by atoms with van der Waals surface area (Å²) >= 11 is 20.4. The van der Waals surface area contributed by atoms with Gasteiger partial charge >= 0.3 is 5.97 Å². The number of esters is 1. The van der Waals surface area contributed by atoms with Gasteiger partial charge in [0.25, 0.3) is 17.2 Å². The Balaban J connectivity index is 1.18. The Morgan fingerprint density at radius 2 is 1.76 bits per heavy atom. The number of nitrogens with one attached hydrogen (secondary N) is 1. The fourth-order valence-corrected chi connectivity index (χ4v) is 8.85. The Hall–Kier alpha value is -3.47. The Morgan fingerprint density at radius 3 is 2.39 bits per heavy atom. The van der Waals surface area contributed by atoms with E-state index in [1.165, 1.54) is 22.7 Å². The molecule has 13 nitrogen and oxygen atoms in total. The van der Waals surface area contributed by atoms with Crippen LogP contribution in [0.15, 0.2) is 58.5 Å². The number of carbonyl (C=O) groups excluding carboxylic acids is 3. The summed E-state index contributed by atoms with van der Waals surface area (Å²) in [5.74, 6) is -0.806. The van der Waals surface area contributed by atoms with Crippen LogP contribution in [0.3, 0.4) is 0 Å². The average molecular weight is 796 g/mol. The number of nitro groups is 1. The zero-order valence-corrected chi connectivity index (χ0v) is 31.6. The van der Waals surface area contributed by atoms with Crippen molar-refractivity contribution >= 4 is 96.6 Å². The number of benzene rings is 2. The van der Waals surface area contributed by atoms with Gasteiger partial charge < -0.3 is 15.0 Å². The second kappa shape index (κ2) is 14.5.